The number of nitrogens with zero attached hydrogens (tertiary/aromatic N) is 1. The standard InChI is InChI=1S/C10H20N2O2/c1-7(2)9-6-10(14)12(11-9)5-4-8(3)13/h7-9,11,13H,4-6H2,1-3H3. The van der Waals surface area contributed by atoms with E-state index in [1.165, 1.54) is 0 Å². The number of carbonyl (C=O) groups excluding carboxylic acids is 1. The largest absolute Gasteiger partial charge is 0.393 e. The van der Waals surface area contributed by atoms with Crippen LogP contribution in [-0.2, 0) is 4.79 Å². The van der Waals surface area contributed by atoms with E-state index < -0.39 is 0 Å². The second-order valence-electron chi connectivity index (χ2n) is 4.37. The van der Waals surface area contributed by atoms with Gasteiger partial charge in [0, 0.05) is 19.0 Å². The Morgan fingerprint density at radius 3 is 2.64 bits per heavy atom. The molecule has 1 saturated heterocycles. The lowest BCUT2D eigenvalue weighted by molar-refractivity contribution is -0.129. The molecule has 2 unspecified atom stereocenters. The zero-order valence-electron chi connectivity index (χ0n) is 9.16. The van der Waals surface area contributed by atoms with Crippen molar-refractivity contribution in [3.05, 3.63) is 0 Å². The van der Waals surface area contributed by atoms with Crippen LogP contribution in [0.4, 0.5) is 0 Å². The van der Waals surface area contributed by atoms with Crippen LogP contribution in [0.5, 0.6) is 0 Å². The van der Waals surface area contributed by atoms with Gasteiger partial charge in [-0.1, -0.05) is 13.8 Å². The van der Waals surface area contributed by atoms with Crippen LogP contribution in [0.2, 0.25) is 0 Å². The molecule has 2 atom stereocenters. The minimum Gasteiger partial charge on any atom is -0.393 e. The number of aliphatic hydroxyl groups excluding tert-OH is 1. The van der Waals surface area contributed by atoms with E-state index in [0.29, 0.717) is 25.3 Å². The molecular formula is C10H20N2O2. The van der Waals surface area contributed by atoms with Crippen LogP contribution in [0.3, 0.4) is 0 Å². The number of rotatable bonds is 4. The summed E-state index contributed by atoms with van der Waals surface area (Å²) < 4.78 is 0. The molecule has 0 spiro atoms. The smallest absolute Gasteiger partial charge is 0.238 e. The third-order valence-electron chi connectivity index (χ3n) is 2.59. The number of hydrazine groups is 1. The first-order valence-corrected chi connectivity index (χ1v) is 5.25. The minimum atomic E-state index is -0.345. The first kappa shape index (κ1) is 11.5. The molecule has 0 bridgehead atoms. The van der Waals surface area contributed by atoms with Gasteiger partial charge in [-0.2, -0.15) is 0 Å². The first-order valence-electron chi connectivity index (χ1n) is 5.25. The van der Waals surface area contributed by atoms with Crippen molar-refractivity contribution in [3.8, 4) is 0 Å². The van der Waals surface area contributed by atoms with E-state index >= 15 is 0 Å². The van der Waals surface area contributed by atoms with Crippen molar-refractivity contribution < 1.29 is 9.90 Å². The Hall–Kier alpha value is -0.610. The van der Waals surface area contributed by atoms with Crippen LogP contribution in [0.15, 0.2) is 0 Å². The third-order valence-corrected chi connectivity index (χ3v) is 2.59. The number of aliphatic hydroxyl groups is 1. The summed E-state index contributed by atoms with van der Waals surface area (Å²) in [5, 5.41) is 10.7. The van der Waals surface area contributed by atoms with Gasteiger partial charge in [-0.25, -0.2) is 5.43 Å². The van der Waals surface area contributed by atoms with Crippen molar-refractivity contribution in [2.24, 2.45) is 5.92 Å². The van der Waals surface area contributed by atoms with Crippen molar-refractivity contribution >= 4 is 5.91 Å². The summed E-state index contributed by atoms with van der Waals surface area (Å²) in [6.45, 7) is 6.53. The second kappa shape index (κ2) is 4.75. The highest BCUT2D eigenvalue weighted by atomic mass is 16.3. The van der Waals surface area contributed by atoms with Crippen LogP contribution < -0.4 is 5.43 Å². The maximum Gasteiger partial charge on any atom is 0.238 e. The number of hydrogen-bond acceptors (Lipinski definition) is 3. The lowest BCUT2D eigenvalue weighted by atomic mass is 10.0. The predicted molar refractivity (Wildman–Crippen MR) is 54.4 cm³/mol. The lowest BCUT2D eigenvalue weighted by Gasteiger charge is -2.20. The molecule has 1 aliphatic heterocycles. The fourth-order valence-corrected chi connectivity index (χ4v) is 1.51. The molecule has 0 aromatic heterocycles. The van der Waals surface area contributed by atoms with Gasteiger partial charge < -0.3 is 5.11 Å². The van der Waals surface area contributed by atoms with E-state index in [2.05, 4.69) is 19.3 Å². The first-order chi connectivity index (χ1) is 6.50. The van der Waals surface area contributed by atoms with Crippen LogP contribution in [0.1, 0.15) is 33.6 Å². The molecule has 2 N–H and O–H groups in total. The van der Waals surface area contributed by atoms with Crippen LogP contribution in [-0.4, -0.2) is 34.7 Å². The van der Waals surface area contributed by atoms with E-state index in [4.69, 9.17) is 5.11 Å². The van der Waals surface area contributed by atoms with Crippen LogP contribution in [0.25, 0.3) is 0 Å². The monoisotopic (exact) mass is 200 g/mol. The Balaban J connectivity index is 2.37. The molecule has 0 aliphatic carbocycles. The molecular weight excluding hydrogens is 180 g/mol. The zero-order chi connectivity index (χ0) is 10.7. The Kier molecular flexibility index (Phi) is 3.89. The number of hydrogen-bond donors (Lipinski definition) is 2. The number of amides is 1. The number of nitrogens with one attached hydrogen (secondary N) is 1. The molecule has 1 fully saturated rings. The molecule has 1 aliphatic rings. The molecule has 0 aromatic rings. The molecule has 82 valence electrons. The summed E-state index contributed by atoms with van der Waals surface area (Å²) in [6, 6.07) is 0.261. The summed E-state index contributed by atoms with van der Waals surface area (Å²) >= 11 is 0. The summed E-state index contributed by atoms with van der Waals surface area (Å²) in [5.41, 5.74) is 3.17. The van der Waals surface area contributed by atoms with E-state index in [0.717, 1.165) is 0 Å². The molecule has 4 nitrogen and oxygen atoms in total. The maximum absolute atomic E-state index is 11.5. The predicted octanol–water partition coefficient (Wildman–Crippen LogP) is 0.519. The summed E-state index contributed by atoms with van der Waals surface area (Å²) in [6.07, 6.45) is 0.865. The summed E-state index contributed by atoms with van der Waals surface area (Å²) in [4.78, 5) is 11.5. The van der Waals surface area contributed by atoms with Gasteiger partial charge in [0.25, 0.3) is 0 Å². The zero-order valence-corrected chi connectivity index (χ0v) is 9.16. The molecule has 0 aromatic carbocycles. The van der Waals surface area contributed by atoms with E-state index in [-0.39, 0.29) is 18.1 Å². The van der Waals surface area contributed by atoms with Gasteiger partial charge >= 0.3 is 0 Å². The van der Waals surface area contributed by atoms with Gasteiger partial charge in [0.05, 0.1) is 6.10 Å². The SMILES string of the molecule is CC(O)CCN1NC(C(C)C)CC1=O. The minimum absolute atomic E-state index is 0.143. The molecule has 1 rings (SSSR count). The Labute approximate surface area is 85.3 Å². The van der Waals surface area contributed by atoms with Crippen molar-refractivity contribution in [1.29, 1.82) is 0 Å². The van der Waals surface area contributed by atoms with Crippen LogP contribution >= 0.6 is 0 Å². The highest BCUT2D eigenvalue weighted by molar-refractivity contribution is 5.78. The Morgan fingerprint density at radius 2 is 2.21 bits per heavy atom. The summed E-state index contributed by atoms with van der Waals surface area (Å²) in [5.74, 6) is 0.611. The summed E-state index contributed by atoms with van der Waals surface area (Å²) in [7, 11) is 0. The van der Waals surface area contributed by atoms with Crippen LogP contribution in [0, 0.1) is 5.92 Å². The Morgan fingerprint density at radius 1 is 1.57 bits per heavy atom. The van der Waals surface area contributed by atoms with Gasteiger partial charge in [0.1, 0.15) is 0 Å². The van der Waals surface area contributed by atoms with Gasteiger partial charge in [-0.15, -0.1) is 0 Å². The van der Waals surface area contributed by atoms with Gasteiger partial charge in [0.15, 0.2) is 0 Å². The van der Waals surface area contributed by atoms with Crippen molar-refractivity contribution in [1.82, 2.24) is 10.4 Å². The van der Waals surface area contributed by atoms with E-state index in [9.17, 15) is 4.79 Å². The molecule has 4 heteroatoms. The molecule has 0 saturated carbocycles. The quantitative estimate of drug-likeness (QED) is 0.695. The second-order valence-corrected chi connectivity index (χ2v) is 4.37. The van der Waals surface area contributed by atoms with Crippen molar-refractivity contribution in [3.63, 3.8) is 0 Å². The Bertz CT molecular complexity index is 204. The average molecular weight is 200 g/mol. The van der Waals surface area contributed by atoms with Gasteiger partial charge in [-0.3, -0.25) is 9.80 Å². The number of carbonyl (C=O) groups is 1. The average Bonchev–Trinajstić information content (AvgIpc) is 2.43. The van der Waals surface area contributed by atoms with Crippen molar-refractivity contribution in [2.75, 3.05) is 6.54 Å². The van der Waals surface area contributed by atoms with Gasteiger partial charge in [0.2, 0.25) is 5.91 Å². The molecule has 14 heavy (non-hydrogen) atoms. The topological polar surface area (TPSA) is 52.6 Å². The van der Waals surface area contributed by atoms with E-state index in [1.54, 1.807) is 11.9 Å². The lowest BCUT2D eigenvalue weighted by Crippen LogP contribution is -2.40. The maximum atomic E-state index is 11.5. The van der Waals surface area contributed by atoms with Crippen molar-refractivity contribution in [2.45, 2.75) is 45.8 Å². The molecule has 0 radical (unpaired) electrons. The van der Waals surface area contributed by atoms with E-state index in [1.807, 2.05) is 0 Å². The highest BCUT2D eigenvalue weighted by Gasteiger charge is 2.30. The fourth-order valence-electron chi connectivity index (χ4n) is 1.51. The molecule has 1 amide bonds. The fraction of sp³-hybridized carbons (Fsp3) is 0.900. The third kappa shape index (κ3) is 2.96. The van der Waals surface area contributed by atoms with Gasteiger partial charge in [-0.05, 0) is 19.3 Å². The molecule has 1 heterocycles. The normalized spacial score (nSPS) is 24.8. The highest BCUT2D eigenvalue weighted by Crippen LogP contribution is 2.15.